The number of hydrogen-bond acceptors (Lipinski definition) is 6. The Morgan fingerprint density at radius 2 is 1.93 bits per heavy atom. The van der Waals surface area contributed by atoms with E-state index in [0.29, 0.717) is 35.1 Å². The molecule has 2 aliphatic rings. The highest BCUT2D eigenvalue weighted by Gasteiger charge is 2.42. The number of nitrogens with zero attached hydrogens (tertiary/aromatic N) is 2. The van der Waals surface area contributed by atoms with Gasteiger partial charge in [-0.15, -0.1) is 0 Å². The largest absolute Gasteiger partial charge is 0.465 e. The second-order valence-corrected chi connectivity index (χ2v) is 11.7. The molecule has 1 fully saturated rings. The molecule has 0 bridgehead atoms. The molecule has 1 unspecified atom stereocenters. The average Bonchev–Trinajstić information content (AvgIpc) is 3.74. The van der Waals surface area contributed by atoms with Crippen molar-refractivity contribution >= 4 is 28.6 Å². The summed E-state index contributed by atoms with van der Waals surface area (Å²) in [6.45, 7) is 3.12. The first-order chi connectivity index (χ1) is 21.3. The Balaban J connectivity index is 1.17. The topological polar surface area (TPSA) is 71.8 Å². The molecule has 1 saturated heterocycles. The third-order valence-corrected chi connectivity index (χ3v) is 8.52. The van der Waals surface area contributed by atoms with Gasteiger partial charge in [0.05, 0.1) is 41.9 Å². The predicted molar refractivity (Wildman–Crippen MR) is 165 cm³/mol. The molecule has 7 rings (SSSR count). The maximum atomic E-state index is 14.8. The summed E-state index contributed by atoms with van der Waals surface area (Å²) in [4.78, 5) is 17.2. The van der Waals surface area contributed by atoms with Gasteiger partial charge in [-0.3, -0.25) is 0 Å². The summed E-state index contributed by atoms with van der Waals surface area (Å²) in [6.07, 6.45) is 2.72. The first-order valence-electron chi connectivity index (χ1n) is 14.6. The van der Waals surface area contributed by atoms with Crippen molar-refractivity contribution < 1.29 is 28.1 Å². The molecule has 5 aromatic rings. The van der Waals surface area contributed by atoms with Gasteiger partial charge in [0.15, 0.2) is 11.5 Å². The van der Waals surface area contributed by atoms with Gasteiger partial charge < -0.3 is 23.5 Å². The Bertz CT molecular complexity index is 1880. The first-order valence-corrected chi connectivity index (χ1v) is 14.9. The smallest absolute Gasteiger partial charge is 0.337 e. The van der Waals surface area contributed by atoms with Crippen molar-refractivity contribution in [1.82, 2.24) is 9.55 Å². The van der Waals surface area contributed by atoms with E-state index in [9.17, 15) is 9.18 Å². The summed E-state index contributed by atoms with van der Waals surface area (Å²) in [5.41, 5.74) is 5.30. The van der Waals surface area contributed by atoms with Gasteiger partial charge in [-0.05, 0) is 66.4 Å². The Labute approximate surface area is 259 Å². The summed E-state index contributed by atoms with van der Waals surface area (Å²) < 4.78 is 40.3. The van der Waals surface area contributed by atoms with Gasteiger partial charge in [-0.2, -0.15) is 0 Å². The van der Waals surface area contributed by atoms with E-state index in [1.165, 1.54) is 13.2 Å². The Morgan fingerprint density at radius 1 is 1.09 bits per heavy atom. The van der Waals surface area contributed by atoms with Crippen LogP contribution in [0.4, 0.5) is 4.39 Å². The number of halogens is 2. The van der Waals surface area contributed by atoms with Crippen molar-refractivity contribution in [2.45, 2.75) is 44.6 Å². The van der Waals surface area contributed by atoms with Crippen LogP contribution in [0.3, 0.4) is 0 Å². The fourth-order valence-electron chi connectivity index (χ4n) is 6.05. The van der Waals surface area contributed by atoms with Crippen LogP contribution in [-0.2, 0) is 28.2 Å². The van der Waals surface area contributed by atoms with Gasteiger partial charge in [0, 0.05) is 30.5 Å². The van der Waals surface area contributed by atoms with Gasteiger partial charge in [0.25, 0.3) is 5.79 Å². The fraction of sp³-hybridized carbons (Fsp3) is 0.257. The van der Waals surface area contributed by atoms with E-state index in [1.807, 2.05) is 42.5 Å². The minimum absolute atomic E-state index is 0.102. The molecule has 1 aromatic heterocycles. The summed E-state index contributed by atoms with van der Waals surface area (Å²) in [5, 5.41) is 0.305. The third-order valence-electron chi connectivity index (χ3n) is 8.29. The molecule has 224 valence electrons. The summed E-state index contributed by atoms with van der Waals surface area (Å²) >= 11 is 5.97. The second-order valence-electron chi connectivity index (χ2n) is 11.2. The number of ether oxygens (including phenoxy) is 4. The number of rotatable bonds is 7. The number of fused-ring (bicyclic) bond motifs is 2. The first kappa shape index (κ1) is 28.4. The standard InChI is InChI=1S/C35H30ClFN2O5/c1-35(27-14-13-24(36)19-28(27)37)43-31-7-3-6-26(33(31)44-35)22-10-8-21(9-11-22)17-32-38-29-15-12-23(34(40)41-2)18-30(29)39(32)20-25-5-4-16-42-25/h3,6-15,18-19,25H,4-5,16-17,20H2,1-2H3/t25-,35?/m0/s1. The van der Waals surface area contributed by atoms with E-state index in [-0.39, 0.29) is 17.6 Å². The van der Waals surface area contributed by atoms with Crippen LogP contribution in [-0.4, -0.2) is 35.3 Å². The van der Waals surface area contributed by atoms with Crippen molar-refractivity contribution in [3.05, 3.63) is 112 Å². The van der Waals surface area contributed by atoms with E-state index < -0.39 is 11.6 Å². The second kappa shape index (κ2) is 11.3. The molecule has 44 heavy (non-hydrogen) atoms. The van der Waals surface area contributed by atoms with E-state index in [2.05, 4.69) is 16.7 Å². The monoisotopic (exact) mass is 612 g/mol. The van der Waals surface area contributed by atoms with E-state index in [1.54, 1.807) is 25.1 Å². The summed E-state index contributed by atoms with van der Waals surface area (Å²) in [5.74, 6) is -0.221. The Hall–Kier alpha value is -4.40. The van der Waals surface area contributed by atoms with Crippen LogP contribution >= 0.6 is 11.6 Å². The maximum absolute atomic E-state index is 14.8. The average molecular weight is 613 g/mol. The molecule has 0 saturated carbocycles. The molecular weight excluding hydrogens is 583 g/mol. The van der Waals surface area contributed by atoms with Gasteiger partial charge in [0.2, 0.25) is 0 Å². The van der Waals surface area contributed by atoms with Crippen LogP contribution in [0.5, 0.6) is 11.5 Å². The van der Waals surface area contributed by atoms with E-state index in [4.69, 9.17) is 35.5 Å². The van der Waals surface area contributed by atoms with Crippen molar-refractivity contribution in [3.8, 4) is 22.6 Å². The Kier molecular flexibility index (Phi) is 7.26. The number of carbonyl (C=O) groups excluding carboxylic acids is 1. The number of esters is 1. The SMILES string of the molecule is COC(=O)c1ccc2nc(Cc3ccc(-c4cccc5c4OC(C)(c4ccc(Cl)cc4F)O5)cc3)n(C[C@@H]3CCCO3)c2c1. The molecule has 0 amide bonds. The van der Waals surface area contributed by atoms with Gasteiger partial charge in [-0.25, -0.2) is 14.2 Å². The van der Waals surface area contributed by atoms with Gasteiger partial charge in [0.1, 0.15) is 11.6 Å². The highest BCUT2D eigenvalue weighted by molar-refractivity contribution is 6.30. The van der Waals surface area contributed by atoms with Gasteiger partial charge >= 0.3 is 5.97 Å². The highest BCUT2D eigenvalue weighted by Crippen LogP contribution is 2.49. The van der Waals surface area contributed by atoms with Crippen molar-refractivity contribution in [1.29, 1.82) is 0 Å². The quantitative estimate of drug-likeness (QED) is 0.175. The normalized spacial score (nSPS) is 19.0. The fourth-order valence-corrected chi connectivity index (χ4v) is 6.21. The maximum Gasteiger partial charge on any atom is 0.337 e. The molecule has 2 atom stereocenters. The minimum Gasteiger partial charge on any atom is -0.465 e. The molecule has 0 aliphatic carbocycles. The van der Waals surface area contributed by atoms with Crippen LogP contribution < -0.4 is 9.47 Å². The van der Waals surface area contributed by atoms with E-state index in [0.717, 1.165) is 53.0 Å². The Morgan fingerprint density at radius 3 is 2.68 bits per heavy atom. The van der Waals surface area contributed by atoms with Crippen molar-refractivity contribution in [2.75, 3.05) is 13.7 Å². The lowest BCUT2D eigenvalue weighted by atomic mass is 10.0. The number of benzene rings is 4. The molecule has 0 spiro atoms. The van der Waals surface area contributed by atoms with E-state index >= 15 is 0 Å². The molecule has 3 heterocycles. The predicted octanol–water partition coefficient (Wildman–Crippen LogP) is 7.70. The molecule has 9 heteroatoms. The minimum atomic E-state index is -1.33. The molecule has 0 radical (unpaired) electrons. The van der Waals surface area contributed by atoms with Crippen LogP contribution in [0.25, 0.3) is 22.2 Å². The lowest BCUT2D eigenvalue weighted by molar-refractivity contribution is -0.0705. The van der Waals surface area contributed by atoms with Gasteiger partial charge in [-0.1, -0.05) is 48.0 Å². The van der Waals surface area contributed by atoms with Crippen LogP contribution in [0.1, 0.15) is 47.1 Å². The number of hydrogen-bond donors (Lipinski definition) is 0. The number of imidazole rings is 1. The summed E-state index contributed by atoms with van der Waals surface area (Å²) in [6, 6.07) is 23.8. The number of para-hydroxylation sites is 1. The summed E-state index contributed by atoms with van der Waals surface area (Å²) in [7, 11) is 1.38. The van der Waals surface area contributed by atoms with Crippen LogP contribution in [0.15, 0.2) is 78.9 Å². The zero-order chi connectivity index (χ0) is 30.4. The molecular formula is C35H30ClFN2O5. The molecule has 2 aliphatic heterocycles. The van der Waals surface area contributed by atoms with Crippen LogP contribution in [0, 0.1) is 5.82 Å². The number of carbonyl (C=O) groups is 1. The highest BCUT2D eigenvalue weighted by atomic mass is 35.5. The molecule has 0 N–H and O–H groups in total. The van der Waals surface area contributed by atoms with Crippen molar-refractivity contribution in [3.63, 3.8) is 0 Å². The number of aromatic nitrogens is 2. The van der Waals surface area contributed by atoms with Crippen LogP contribution in [0.2, 0.25) is 5.02 Å². The number of methoxy groups -OCH3 is 1. The lowest BCUT2D eigenvalue weighted by Gasteiger charge is -2.24. The lowest BCUT2D eigenvalue weighted by Crippen LogP contribution is -2.32. The third kappa shape index (κ3) is 5.18. The molecule has 7 nitrogen and oxygen atoms in total. The van der Waals surface area contributed by atoms with Crippen molar-refractivity contribution in [2.24, 2.45) is 0 Å². The molecule has 4 aromatic carbocycles. The zero-order valence-electron chi connectivity index (χ0n) is 24.3. The zero-order valence-corrected chi connectivity index (χ0v) is 25.1.